The minimum Gasteiger partial charge on any atom is -0.308 e. The molecule has 0 spiro atoms. The van der Waals surface area contributed by atoms with Crippen LogP contribution >= 0.6 is 0 Å². The van der Waals surface area contributed by atoms with Crippen LogP contribution in [0.4, 0.5) is 0 Å². The number of aromatic nitrogens is 2. The van der Waals surface area contributed by atoms with E-state index >= 15 is 0 Å². The number of hydrogen-bond donors (Lipinski definition) is 0. The molecule has 270 valence electrons. The van der Waals surface area contributed by atoms with Crippen LogP contribution in [0, 0.1) is 13.8 Å². The van der Waals surface area contributed by atoms with Gasteiger partial charge in [0.2, 0.25) is 0 Å². The van der Waals surface area contributed by atoms with Gasteiger partial charge in [-0.2, -0.15) is 0 Å². The second-order valence-electron chi connectivity index (χ2n) is 16.1. The first-order chi connectivity index (χ1) is 28.7. The van der Waals surface area contributed by atoms with Gasteiger partial charge in [-0.05, 0) is 106 Å². The lowest BCUT2D eigenvalue weighted by Crippen LogP contribution is -1.88. The van der Waals surface area contributed by atoms with Gasteiger partial charge >= 0.3 is 0 Å². The summed E-state index contributed by atoms with van der Waals surface area (Å²) in [6.07, 6.45) is 0. The van der Waals surface area contributed by atoms with Crippen LogP contribution in [0.3, 0.4) is 0 Å². The highest BCUT2D eigenvalue weighted by atomic mass is 14.9. The molecule has 0 aliphatic carbocycles. The van der Waals surface area contributed by atoms with Gasteiger partial charge in [-0.25, -0.2) is 0 Å². The van der Waals surface area contributed by atoms with E-state index < -0.39 is 0 Å². The van der Waals surface area contributed by atoms with Gasteiger partial charge in [0.05, 0.1) is 33.1 Å². The molecule has 0 radical (unpaired) electrons. The van der Waals surface area contributed by atoms with Crippen LogP contribution in [-0.4, -0.2) is 8.80 Å². The number of para-hydroxylation sites is 2. The Morgan fingerprint density at radius 3 is 1.03 bits per heavy atom. The normalized spacial score (nSPS) is 12.3. The maximum absolute atomic E-state index is 2.56. The summed E-state index contributed by atoms with van der Waals surface area (Å²) in [6.45, 7) is 4.42. The standard InChI is InChI=1S/C56H36N2/c1-33-15-3-5-17-37(33)41-21-9-7-19-39(41)35-27-29-49-45(31-35)53-51-43-23-11-14-26-48(43)58-50-30-28-36(40-20-8-10-22-42(40)38-18-6-4-16-34(38)2)32-46(50)54(56(51)58)52-44-24-12-13-25-47(44)57(49)55(52)53/h3-32H,1-2H3. The summed E-state index contributed by atoms with van der Waals surface area (Å²) in [5.74, 6) is 0. The fourth-order valence-corrected chi connectivity index (χ4v) is 10.6. The molecule has 0 aliphatic heterocycles. The van der Waals surface area contributed by atoms with Gasteiger partial charge < -0.3 is 8.80 Å². The second-order valence-corrected chi connectivity index (χ2v) is 16.1. The van der Waals surface area contributed by atoms with Crippen LogP contribution in [0.5, 0.6) is 0 Å². The fraction of sp³-hybridized carbons (Fsp3) is 0.0357. The van der Waals surface area contributed by atoms with Crippen molar-refractivity contribution in [3.05, 3.63) is 193 Å². The van der Waals surface area contributed by atoms with Gasteiger partial charge in [0, 0.05) is 43.1 Å². The Morgan fingerprint density at radius 2 is 0.603 bits per heavy atom. The molecule has 4 heterocycles. The lowest BCUT2D eigenvalue weighted by Gasteiger charge is -2.13. The maximum Gasteiger partial charge on any atom is 0.0634 e. The minimum absolute atomic E-state index is 1.23. The van der Waals surface area contributed by atoms with Crippen molar-refractivity contribution < 1.29 is 0 Å². The Morgan fingerprint density at radius 1 is 0.276 bits per heavy atom. The molecule has 0 atom stereocenters. The van der Waals surface area contributed by atoms with Crippen molar-refractivity contribution in [1.29, 1.82) is 0 Å². The van der Waals surface area contributed by atoms with Crippen molar-refractivity contribution >= 4 is 76.2 Å². The van der Waals surface area contributed by atoms with Crippen LogP contribution in [0.25, 0.3) is 121 Å². The van der Waals surface area contributed by atoms with Crippen LogP contribution in [0.1, 0.15) is 11.1 Å². The van der Waals surface area contributed by atoms with Crippen LogP contribution in [0.2, 0.25) is 0 Å². The average Bonchev–Trinajstić information content (AvgIpc) is 4.00. The molecule has 0 aliphatic rings. The SMILES string of the molecule is Cc1ccccc1-c1ccccc1-c1ccc2c(c1)c1c3c4ccccc4n4c5ccc(-c6ccccc6-c6ccccc6C)cc5c(c5c6ccccc6n2c51)c34. The maximum atomic E-state index is 2.56. The van der Waals surface area contributed by atoms with Gasteiger partial charge in [0.15, 0.2) is 0 Å². The largest absolute Gasteiger partial charge is 0.308 e. The average molecular weight is 737 g/mol. The molecule has 0 unspecified atom stereocenters. The monoisotopic (exact) mass is 736 g/mol. The highest BCUT2D eigenvalue weighted by Crippen LogP contribution is 2.52. The van der Waals surface area contributed by atoms with Crippen molar-refractivity contribution in [3.63, 3.8) is 0 Å². The fourth-order valence-electron chi connectivity index (χ4n) is 10.6. The van der Waals surface area contributed by atoms with E-state index in [1.807, 2.05) is 0 Å². The summed E-state index contributed by atoms with van der Waals surface area (Å²) < 4.78 is 5.12. The van der Waals surface area contributed by atoms with Crippen LogP contribution in [-0.2, 0) is 0 Å². The first-order valence-electron chi connectivity index (χ1n) is 20.3. The number of benzene rings is 9. The quantitative estimate of drug-likeness (QED) is 0.170. The molecule has 13 aromatic rings. The van der Waals surface area contributed by atoms with E-state index in [0.717, 1.165) is 0 Å². The lowest BCUT2D eigenvalue weighted by molar-refractivity contribution is 1.37. The van der Waals surface area contributed by atoms with E-state index in [1.54, 1.807) is 0 Å². The molecule has 0 N–H and O–H groups in total. The summed E-state index contributed by atoms with van der Waals surface area (Å²) in [5.41, 5.74) is 20.2. The summed E-state index contributed by atoms with van der Waals surface area (Å²) in [4.78, 5) is 0. The van der Waals surface area contributed by atoms with E-state index in [4.69, 9.17) is 0 Å². The van der Waals surface area contributed by atoms with E-state index in [9.17, 15) is 0 Å². The van der Waals surface area contributed by atoms with E-state index in [-0.39, 0.29) is 0 Å². The van der Waals surface area contributed by atoms with Crippen molar-refractivity contribution in [1.82, 2.24) is 8.80 Å². The predicted octanol–water partition coefficient (Wildman–Crippen LogP) is 15.3. The molecule has 0 saturated heterocycles. The molecular weight excluding hydrogens is 701 g/mol. The molecular formula is C56H36N2. The Balaban J connectivity index is 1.19. The zero-order valence-corrected chi connectivity index (χ0v) is 32.2. The molecule has 0 amide bonds. The second kappa shape index (κ2) is 11.6. The number of hydrogen-bond acceptors (Lipinski definition) is 0. The van der Waals surface area contributed by atoms with E-state index in [2.05, 4.69) is 205 Å². The molecule has 0 saturated carbocycles. The van der Waals surface area contributed by atoms with Gasteiger partial charge in [0.1, 0.15) is 0 Å². The van der Waals surface area contributed by atoms with Crippen LogP contribution in [0.15, 0.2) is 182 Å². The molecule has 58 heavy (non-hydrogen) atoms. The van der Waals surface area contributed by atoms with Crippen LogP contribution < -0.4 is 0 Å². The lowest BCUT2D eigenvalue weighted by atomic mass is 9.90. The zero-order chi connectivity index (χ0) is 38.2. The highest BCUT2D eigenvalue weighted by molar-refractivity contribution is 6.45. The third-order valence-electron chi connectivity index (χ3n) is 13.1. The molecule has 4 aromatic heterocycles. The highest BCUT2D eigenvalue weighted by Gasteiger charge is 2.29. The number of nitrogens with zero attached hydrogens (tertiary/aromatic N) is 2. The Kier molecular flexibility index (Phi) is 6.33. The number of fused-ring (bicyclic) bond motifs is 14. The van der Waals surface area contributed by atoms with Gasteiger partial charge in [-0.3, -0.25) is 0 Å². The molecule has 2 heteroatoms. The molecule has 2 nitrogen and oxygen atoms in total. The number of aryl methyl sites for hydroxylation is 2. The first-order valence-corrected chi connectivity index (χ1v) is 20.3. The molecule has 9 aromatic carbocycles. The molecule has 0 bridgehead atoms. The van der Waals surface area contributed by atoms with Crippen molar-refractivity contribution in [3.8, 4) is 44.5 Å². The topological polar surface area (TPSA) is 8.82 Å². The summed E-state index contributed by atoms with van der Waals surface area (Å²) in [6, 6.07) is 67.7. The van der Waals surface area contributed by atoms with Gasteiger partial charge in [-0.1, -0.05) is 146 Å². The number of rotatable bonds is 4. The van der Waals surface area contributed by atoms with E-state index in [1.165, 1.54) is 132 Å². The zero-order valence-electron chi connectivity index (χ0n) is 32.2. The smallest absolute Gasteiger partial charge is 0.0634 e. The Hall–Kier alpha value is -7.42. The van der Waals surface area contributed by atoms with Crippen molar-refractivity contribution in [2.45, 2.75) is 13.8 Å². The minimum atomic E-state index is 1.23. The molecule has 0 fully saturated rings. The van der Waals surface area contributed by atoms with Gasteiger partial charge in [-0.15, -0.1) is 0 Å². The van der Waals surface area contributed by atoms with Crippen molar-refractivity contribution in [2.75, 3.05) is 0 Å². The van der Waals surface area contributed by atoms with E-state index in [0.29, 0.717) is 0 Å². The third kappa shape index (κ3) is 4.06. The first kappa shape index (κ1) is 31.7. The summed E-state index contributed by atoms with van der Waals surface area (Å²) >= 11 is 0. The molecule has 13 rings (SSSR count). The summed E-state index contributed by atoms with van der Waals surface area (Å²) in [7, 11) is 0. The predicted molar refractivity (Wildman–Crippen MR) is 247 cm³/mol. The summed E-state index contributed by atoms with van der Waals surface area (Å²) in [5, 5.41) is 10.5. The Bertz CT molecular complexity index is 3570. The third-order valence-corrected chi connectivity index (χ3v) is 13.1. The Labute approximate surface area is 335 Å². The van der Waals surface area contributed by atoms with Crippen molar-refractivity contribution in [2.24, 2.45) is 0 Å². The van der Waals surface area contributed by atoms with Gasteiger partial charge in [0.25, 0.3) is 0 Å².